The summed E-state index contributed by atoms with van der Waals surface area (Å²) in [5.74, 6) is 1.56. The Balaban J connectivity index is 2.79. The van der Waals surface area contributed by atoms with Gasteiger partial charge in [-0.05, 0) is 50.0 Å². The first-order chi connectivity index (χ1) is 11.4. The number of carbonyl (C=O) groups excluding carboxylic acids is 1. The Labute approximate surface area is 146 Å². The van der Waals surface area contributed by atoms with E-state index in [9.17, 15) is 4.79 Å². The first kappa shape index (κ1) is 20.5. The summed E-state index contributed by atoms with van der Waals surface area (Å²) in [6.07, 6.45) is 0.693. The van der Waals surface area contributed by atoms with Gasteiger partial charge in [0.05, 0.1) is 6.61 Å². The van der Waals surface area contributed by atoms with Crippen molar-refractivity contribution in [1.82, 2.24) is 9.80 Å². The van der Waals surface area contributed by atoms with Gasteiger partial charge < -0.3 is 19.3 Å². The lowest BCUT2D eigenvalue weighted by Gasteiger charge is -2.26. The van der Waals surface area contributed by atoms with Gasteiger partial charge in [-0.3, -0.25) is 0 Å². The number of amides is 1. The van der Waals surface area contributed by atoms with Crippen LogP contribution in [0.2, 0.25) is 0 Å². The third kappa shape index (κ3) is 6.49. The summed E-state index contributed by atoms with van der Waals surface area (Å²) in [4.78, 5) is 15.8. The van der Waals surface area contributed by atoms with Gasteiger partial charge in [0.25, 0.3) is 0 Å². The highest BCUT2D eigenvalue weighted by Gasteiger charge is 2.19. The van der Waals surface area contributed by atoms with Crippen LogP contribution in [-0.4, -0.2) is 63.8 Å². The molecule has 0 unspecified atom stereocenters. The summed E-state index contributed by atoms with van der Waals surface area (Å²) in [5.41, 5.74) is 1.22. The molecule has 0 bridgehead atoms. The van der Waals surface area contributed by atoms with E-state index < -0.39 is 0 Å². The minimum atomic E-state index is -0.362. The number of carbonyl (C=O) groups is 1. The van der Waals surface area contributed by atoms with Crippen LogP contribution in [0, 0.1) is 5.92 Å². The van der Waals surface area contributed by atoms with E-state index in [2.05, 4.69) is 38.9 Å². The molecule has 0 fully saturated rings. The Morgan fingerprint density at radius 2 is 1.96 bits per heavy atom. The molecule has 1 aromatic carbocycles. The fourth-order valence-electron chi connectivity index (χ4n) is 2.98. The highest BCUT2D eigenvalue weighted by atomic mass is 16.6. The first-order valence-electron chi connectivity index (χ1n) is 8.55. The Morgan fingerprint density at radius 1 is 1.25 bits per heavy atom. The largest absolute Gasteiger partial charge is 0.415 e. The quantitative estimate of drug-likeness (QED) is 0.692. The van der Waals surface area contributed by atoms with E-state index >= 15 is 0 Å². The standard InChI is InChI=1S/C19H32N2O3/c1-7-18(15(2)14-20(3)4)16-9-8-10-17(13-16)24-19(22)21(5)11-12-23-6/h8-10,13,15,18H,7,11-12,14H2,1-6H3/t15-,18+/m0/s1. The molecular weight excluding hydrogens is 304 g/mol. The average Bonchev–Trinajstić information content (AvgIpc) is 2.52. The molecule has 0 N–H and O–H groups in total. The number of nitrogens with zero attached hydrogens (tertiary/aromatic N) is 2. The molecule has 2 atom stereocenters. The number of hydrogen-bond acceptors (Lipinski definition) is 4. The molecule has 0 radical (unpaired) electrons. The molecule has 5 heteroatoms. The number of hydrogen-bond donors (Lipinski definition) is 0. The molecule has 0 aliphatic rings. The van der Waals surface area contributed by atoms with Crippen LogP contribution in [0.5, 0.6) is 5.75 Å². The maximum absolute atomic E-state index is 12.1. The van der Waals surface area contributed by atoms with Crippen LogP contribution in [0.3, 0.4) is 0 Å². The predicted octanol–water partition coefficient (Wildman–Crippen LogP) is 3.45. The molecule has 0 heterocycles. The minimum Gasteiger partial charge on any atom is -0.410 e. The average molecular weight is 336 g/mol. The summed E-state index contributed by atoms with van der Waals surface area (Å²) in [6.45, 7) is 6.50. The van der Waals surface area contributed by atoms with E-state index in [4.69, 9.17) is 9.47 Å². The molecule has 24 heavy (non-hydrogen) atoms. The maximum atomic E-state index is 12.1. The fraction of sp³-hybridized carbons (Fsp3) is 0.632. The van der Waals surface area contributed by atoms with Crippen LogP contribution >= 0.6 is 0 Å². The van der Waals surface area contributed by atoms with Crippen molar-refractivity contribution >= 4 is 6.09 Å². The van der Waals surface area contributed by atoms with E-state index in [0.717, 1.165) is 13.0 Å². The van der Waals surface area contributed by atoms with Gasteiger partial charge in [0, 0.05) is 27.2 Å². The molecule has 1 amide bonds. The van der Waals surface area contributed by atoms with Crippen LogP contribution in [0.4, 0.5) is 4.79 Å². The SMILES string of the molecule is CC[C@@H](c1cccc(OC(=O)N(C)CCOC)c1)[C@@H](C)CN(C)C. The lowest BCUT2D eigenvalue weighted by atomic mass is 9.85. The van der Waals surface area contributed by atoms with Crippen molar-refractivity contribution in [2.45, 2.75) is 26.2 Å². The summed E-state index contributed by atoms with van der Waals surface area (Å²) >= 11 is 0. The summed E-state index contributed by atoms with van der Waals surface area (Å²) < 4.78 is 10.5. The van der Waals surface area contributed by atoms with Gasteiger partial charge in [0.15, 0.2) is 0 Å². The molecule has 0 aliphatic carbocycles. The van der Waals surface area contributed by atoms with Crippen molar-refractivity contribution in [2.24, 2.45) is 5.92 Å². The summed E-state index contributed by atoms with van der Waals surface area (Å²) in [6, 6.07) is 7.89. The minimum absolute atomic E-state index is 0.362. The number of likely N-dealkylation sites (N-methyl/N-ethyl adjacent to an activating group) is 1. The van der Waals surface area contributed by atoms with Crippen LogP contribution in [0.25, 0.3) is 0 Å². The van der Waals surface area contributed by atoms with Gasteiger partial charge in [-0.1, -0.05) is 26.0 Å². The van der Waals surface area contributed by atoms with E-state index in [1.165, 1.54) is 10.5 Å². The Morgan fingerprint density at radius 3 is 2.54 bits per heavy atom. The first-order valence-corrected chi connectivity index (χ1v) is 8.55. The van der Waals surface area contributed by atoms with Crippen molar-refractivity contribution in [3.63, 3.8) is 0 Å². The molecule has 0 aliphatic heterocycles. The smallest absolute Gasteiger partial charge is 0.410 e. The zero-order valence-electron chi connectivity index (χ0n) is 15.9. The zero-order chi connectivity index (χ0) is 18.1. The normalized spacial score (nSPS) is 13.6. The highest BCUT2D eigenvalue weighted by molar-refractivity contribution is 5.70. The van der Waals surface area contributed by atoms with Crippen LogP contribution in [0.1, 0.15) is 31.7 Å². The van der Waals surface area contributed by atoms with Gasteiger partial charge >= 0.3 is 6.09 Å². The topological polar surface area (TPSA) is 42.0 Å². The van der Waals surface area contributed by atoms with Crippen molar-refractivity contribution in [3.05, 3.63) is 29.8 Å². The number of benzene rings is 1. The predicted molar refractivity (Wildman–Crippen MR) is 97.7 cm³/mol. The van der Waals surface area contributed by atoms with E-state index in [0.29, 0.717) is 30.7 Å². The Kier molecular flexibility index (Phi) is 8.79. The monoisotopic (exact) mass is 336 g/mol. The van der Waals surface area contributed by atoms with E-state index in [1.807, 2.05) is 18.2 Å². The zero-order valence-corrected chi connectivity index (χ0v) is 15.9. The lowest BCUT2D eigenvalue weighted by Crippen LogP contribution is -2.32. The van der Waals surface area contributed by atoms with Crippen LogP contribution in [0.15, 0.2) is 24.3 Å². The van der Waals surface area contributed by atoms with Gasteiger partial charge in [0.1, 0.15) is 5.75 Å². The number of rotatable bonds is 9. The number of methoxy groups -OCH3 is 1. The van der Waals surface area contributed by atoms with Crippen LogP contribution < -0.4 is 4.74 Å². The van der Waals surface area contributed by atoms with Crippen molar-refractivity contribution in [2.75, 3.05) is 47.9 Å². The molecule has 136 valence electrons. The molecule has 0 saturated carbocycles. The fourth-order valence-corrected chi connectivity index (χ4v) is 2.98. The van der Waals surface area contributed by atoms with Gasteiger partial charge in [-0.25, -0.2) is 4.79 Å². The van der Waals surface area contributed by atoms with Crippen molar-refractivity contribution in [1.29, 1.82) is 0 Å². The summed E-state index contributed by atoms with van der Waals surface area (Å²) in [5, 5.41) is 0. The second kappa shape index (κ2) is 10.3. The second-order valence-corrected chi connectivity index (χ2v) is 6.61. The van der Waals surface area contributed by atoms with E-state index in [-0.39, 0.29) is 6.09 Å². The summed E-state index contributed by atoms with van der Waals surface area (Å²) in [7, 11) is 7.51. The number of ether oxygens (including phenoxy) is 2. The molecule has 1 rings (SSSR count). The molecule has 5 nitrogen and oxygen atoms in total. The van der Waals surface area contributed by atoms with E-state index in [1.54, 1.807) is 14.2 Å². The van der Waals surface area contributed by atoms with Crippen LogP contribution in [-0.2, 0) is 4.74 Å². The second-order valence-electron chi connectivity index (χ2n) is 6.61. The van der Waals surface area contributed by atoms with Crippen molar-refractivity contribution in [3.8, 4) is 5.75 Å². The van der Waals surface area contributed by atoms with Gasteiger partial charge in [0.2, 0.25) is 0 Å². The molecule has 0 aromatic heterocycles. The lowest BCUT2D eigenvalue weighted by molar-refractivity contribution is 0.135. The Bertz CT molecular complexity index is 505. The van der Waals surface area contributed by atoms with Gasteiger partial charge in [-0.2, -0.15) is 0 Å². The molecule has 0 spiro atoms. The Hall–Kier alpha value is -1.59. The third-order valence-corrected chi connectivity index (χ3v) is 4.21. The molecule has 1 aromatic rings. The highest BCUT2D eigenvalue weighted by Crippen LogP contribution is 2.30. The molecule has 0 saturated heterocycles. The molecular formula is C19H32N2O3. The maximum Gasteiger partial charge on any atom is 0.415 e. The van der Waals surface area contributed by atoms with Gasteiger partial charge in [-0.15, -0.1) is 0 Å². The third-order valence-electron chi connectivity index (χ3n) is 4.21. The van der Waals surface area contributed by atoms with Crippen molar-refractivity contribution < 1.29 is 14.3 Å².